The highest BCUT2D eigenvalue weighted by molar-refractivity contribution is 7.13. The molecule has 1 saturated carbocycles. The van der Waals surface area contributed by atoms with Crippen LogP contribution in [0.3, 0.4) is 0 Å². The molecular formula is C21H25N3O3S. The Morgan fingerprint density at radius 2 is 2.07 bits per heavy atom. The SMILES string of the molecule is O=C(Cc1csc(-c2cccnc2)n1)OCC(=O)N1CCC[C@@H]2CCCC[C@@H]21. The van der Waals surface area contributed by atoms with Gasteiger partial charge in [-0.2, -0.15) is 0 Å². The third kappa shape index (κ3) is 4.41. The van der Waals surface area contributed by atoms with Gasteiger partial charge in [-0.25, -0.2) is 4.98 Å². The second-order valence-corrected chi connectivity index (χ2v) is 8.42. The minimum atomic E-state index is -0.409. The summed E-state index contributed by atoms with van der Waals surface area (Å²) in [6.07, 6.45) is 10.6. The Morgan fingerprint density at radius 1 is 1.21 bits per heavy atom. The lowest BCUT2D eigenvalue weighted by Gasteiger charge is -2.44. The first-order valence-corrected chi connectivity index (χ1v) is 10.9. The highest BCUT2D eigenvalue weighted by atomic mass is 32.1. The topological polar surface area (TPSA) is 72.4 Å². The van der Waals surface area contributed by atoms with Crippen molar-refractivity contribution < 1.29 is 14.3 Å². The molecule has 0 unspecified atom stereocenters. The van der Waals surface area contributed by atoms with Crippen LogP contribution in [0, 0.1) is 5.92 Å². The van der Waals surface area contributed by atoms with Gasteiger partial charge in [0.2, 0.25) is 0 Å². The summed E-state index contributed by atoms with van der Waals surface area (Å²) in [5.41, 5.74) is 1.58. The normalized spacial score (nSPS) is 21.8. The standard InChI is InChI=1S/C21H25N3O3S/c25-19(24-10-4-7-15-5-1-2-8-18(15)24)13-27-20(26)11-17-14-28-21(23-17)16-6-3-9-22-12-16/h3,6,9,12,14-15,18H,1-2,4-5,7-8,10-11,13H2/t15-,18-/m0/s1. The van der Waals surface area contributed by atoms with Gasteiger partial charge in [-0.3, -0.25) is 14.6 Å². The molecule has 28 heavy (non-hydrogen) atoms. The Bertz CT molecular complexity index is 821. The molecule has 3 heterocycles. The van der Waals surface area contributed by atoms with Crippen molar-refractivity contribution >= 4 is 23.2 Å². The summed E-state index contributed by atoms with van der Waals surface area (Å²) in [4.78, 5) is 35.3. The van der Waals surface area contributed by atoms with E-state index in [2.05, 4.69) is 9.97 Å². The summed E-state index contributed by atoms with van der Waals surface area (Å²) in [6, 6.07) is 4.13. The number of nitrogens with zero attached hydrogens (tertiary/aromatic N) is 3. The molecule has 2 aromatic heterocycles. The number of esters is 1. The zero-order valence-electron chi connectivity index (χ0n) is 15.9. The number of hydrogen-bond acceptors (Lipinski definition) is 6. The minimum Gasteiger partial charge on any atom is -0.455 e. The lowest BCUT2D eigenvalue weighted by Crippen LogP contribution is -2.50. The van der Waals surface area contributed by atoms with Gasteiger partial charge >= 0.3 is 5.97 Å². The van der Waals surface area contributed by atoms with Crippen LogP contribution in [0.15, 0.2) is 29.9 Å². The lowest BCUT2D eigenvalue weighted by atomic mass is 9.78. The van der Waals surface area contributed by atoms with E-state index in [1.165, 1.54) is 37.0 Å². The van der Waals surface area contributed by atoms with E-state index in [0.717, 1.165) is 30.0 Å². The number of hydrogen-bond donors (Lipinski definition) is 0. The zero-order chi connectivity index (χ0) is 19.3. The predicted molar refractivity (Wildman–Crippen MR) is 107 cm³/mol. The van der Waals surface area contributed by atoms with E-state index in [-0.39, 0.29) is 18.9 Å². The van der Waals surface area contributed by atoms with E-state index in [0.29, 0.717) is 17.7 Å². The fraction of sp³-hybridized carbons (Fsp3) is 0.524. The van der Waals surface area contributed by atoms with Crippen LogP contribution in [0.4, 0.5) is 0 Å². The molecule has 4 rings (SSSR count). The molecule has 0 aromatic carbocycles. The fourth-order valence-electron chi connectivity index (χ4n) is 4.37. The van der Waals surface area contributed by atoms with E-state index >= 15 is 0 Å². The van der Waals surface area contributed by atoms with Crippen molar-refractivity contribution in [1.82, 2.24) is 14.9 Å². The Kier molecular flexibility index (Phi) is 6.00. The lowest BCUT2D eigenvalue weighted by molar-refractivity contribution is -0.154. The quantitative estimate of drug-likeness (QED) is 0.720. The highest BCUT2D eigenvalue weighted by Crippen LogP contribution is 2.35. The van der Waals surface area contributed by atoms with Crippen LogP contribution < -0.4 is 0 Å². The van der Waals surface area contributed by atoms with Crippen molar-refractivity contribution in [3.05, 3.63) is 35.6 Å². The van der Waals surface area contributed by atoms with Crippen molar-refractivity contribution in [1.29, 1.82) is 0 Å². The first-order valence-electron chi connectivity index (χ1n) is 10.0. The van der Waals surface area contributed by atoms with Gasteiger partial charge in [-0.15, -0.1) is 11.3 Å². The Hall–Kier alpha value is -2.28. The zero-order valence-corrected chi connectivity index (χ0v) is 16.7. The van der Waals surface area contributed by atoms with Crippen LogP contribution in [0.5, 0.6) is 0 Å². The third-order valence-electron chi connectivity index (χ3n) is 5.71. The molecule has 6 nitrogen and oxygen atoms in total. The number of thiazole rings is 1. The molecule has 148 valence electrons. The van der Waals surface area contributed by atoms with E-state index < -0.39 is 5.97 Å². The number of fused-ring (bicyclic) bond motifs is 1. The van der Waals surface area contributed by atoms with E-state index in [4.69, 9.17) is 4.74 Å². The molecule has 2 aliphatic rings. The van der Waals surface area contributed by atoms with Gasteiger partial charge < -0.3 is 9.64 Å². The van der Waals surface area contributed by atoms with Gasteiger partial charge in [0, 0.05) is 35.9 Å². The first-order chi connectivity index (χ1) is 13.7. The van der Waals surface area contributed by atoms with E-state index in [1.54, 1.807) is 12.4 Å². The molecule has 2 aromatic rings. The highest BCUT2D eigenvalue weighted by Gasteiger charge is 2.35. The van der Waals surface area contributed by atoms with Crippen LogP contribution in [-0.4, -0.2) is 45.9 Å². The van der Waals surface area contributed by atoms with Gasteiger partial charge in [0.15, 0.2) is 6.61 Å². The van der Waals surface area contributed by atoms with Crippen LogP contribution in [-0.2, 0) is 20.7 Å². The second-order valence-electron chi connectivity index (χ2n) is 7.56. The summed E-state index contributed by atoms with van der Waals surface area (Å²) in [5, 5.41) is 2.67. The first kappa shape index (κ1) is 19.1. The Labute approximate surface area is 168 Å². The van der Waals surface area contributed by atoms with Crippen molar-refractivity contribution in [2.45, 2.75) is 51.0 Å². The number of amides is 1. The fourth-order valence-corrected chi connectivity index (χ4v) is 5.18. The number of rotatable bonds is 5. The largest absolute Gasteiger partial charge is 0.455 e. The summed E-state index contributed by atoms with van der Waals surface area (Å²) < 4.78 is 5.28. The van der Waals surface area contributed by atoms with Gasteiger partial charge in [0.05, 0.1) is 12.1 Å². The number of carbonyl (C=O) groups is 2. The number of aromatic nitrogens is 2. The molecule has 2 atom stereocenters. The van der Waals surface area contributed by atoms with Crippen molar-refractivity contribution in [3.63, 3.8) is 0 Å². The molecule has 2 fully saturated rings. The number of piperidine rings is 1. The van der Waals surface area contributed by atoms with Crippen molar-refractivity contribution in [2.75, 3.05) is 13.2 Å². The van der Waals surface area contributed by atoms with Gasteiger partial charge in [-0.05, 0) is 43.7 Å². The van der Waals surface area contributed by atoms with E-state index in [1.807, 2.05) is 22.4 Å². The van der Waals surface area contributed by atoms with Crippen LogP contribution >= 0.6 is 11.3 Å². The number of carbonyl (C=O) groups excluding carboxylic acids is 2. The average molecular weight is 400 g/mol. The average Bonchev–Trinajstić information content (AvgIpc) is 3.20. The molecule has 0 bridgehead atoms. The van der Waals surface area contributed by atoms with E-state index in [9.17, 15) is 9.59 Å². The van der Waals surface area contributed by atoms with Gasteiger partial charge in [-0.1, -0.05) is 12.8 Å². The monoisotopic (exact) mass is 399 g/mol. The molecule has 1 amide bonds. The maximum atomic E-state index is 12.6. The summed E-state index contributed by atoms with van der Waals surface area (Å²) >= 11 is 1.47. The maximum absolute atomic E-state index is 12.6. The molecule has 1 aliphatic heterocycles. The van der Waals surface area contributed by atoms with Gasteiger partial charge in [0.1, 0.15) is 5.01 Å². The Morgan fingerprint density at radius 3 is 2.93 bits per heavy atom. The number of ether oxygens (including phenoxy) is 1. The molecular weight excluding hydrogens is 374 g/mol. The third-order valence-corrected chi connectivity index (χ3v) is 6.65. The molecule has 1 saturated heterocycles. The molecule has 0 spiro atoms. The van der Waals surface area contributed by atoms with Crippen LogP contribution in [0.25, 0.3) is 10.6 Å². The molecule has 0 N–H and O–H groups in total. The number of pyridine rings is 1. The molecule has 0 radical (unpaired) electrons. The molecule has 1 aliphatic carbocycles. The van der Waals surface area contributed by atoms with Crippen molar-refractivity contribution in [2.24, 2.45) is 5.92 Å². The summed E-state index contributed by atoms with van der Waals surface area (Å²) in [7, 11) is 0. The van der Waals surface area contributed by atoms with Gasteiger partial charge in [0.25, 0.3) is 5.91 Å². The van der Waals surface area contributed by atoms with Crippen LogP contribution in [0.2, 0.25) is 0 Å². The Balaban J connectivity index is 1.28. The summed E-state index contributed by atoms with van der Waals surface area (Å²) in [6.45, 7) is 0.625. The number of likely N-dealkylation sites (tertiary alicyclic amines) is 1. The maximum Gasteiger partial charge on any atom is 0.312 e. The minimum absolute atomic E-state index is 0.0562. The smallest absolute Gasteiger partial charge is 0.312 e. The second kappa shape index (κ2) is 8.82. The predicted octanol–water partition coefficient (Wildman–Crippen LogP) is 3.47. The van der Waals surface area contributed by atoms with Crippen LogP contribution in [0.1, 0.15) is 44.2 Å². The summed E-state index contributed by atoms with van der Waals surface area (Å²) in [5.74, 6) is 0.163. The molecule has 7 heteroatoms. The van der Waals surface area contributed by atoms with Crippen molar-refractivity contribution in [3.8, 4) is 10.6 Å².